The zero-order valence-corrected chi connectivity index (χ0v) is 18.1. The summed E-state index contributed by atoms with van der Waals surface area (Å²) in [7, 11) is 0. The Kier molecular flexibility index (Phi) is 5.06. The molecular weight excluding hydrogens is 445 g/mol. The third-order valence-corrected chi connectivity index (χ3v) is 6.52. The van der Waals surface area contributed by atoms with Crippen LogP contribution in [0.2, 0.25) is 5.28 Å². The summed E-state index contributed by atoms with van der Waals surface area (Å²) in [5.74, 6) is 0.624. The van der Waals surface area contributed by atoms with Crippen LogP contribution in [0.25, 0.3) is 16.7 Å². The molecule has 170 valence electrons. The summed E-state index contributed by atoms with van der Waals surface area (Å²) >= 11 is 6.18. The number of piperidine rings is 1. The number of alkyl halides is 3. The molecule has 0 atom stereocenters. The first-order valence-corrected chi connectivity index (χ1v) is 10.8. The van der Waals surface area contributed by atoms with Gasteiger partial charge in [0.15, 0.2) is 5.65 Å². The van der Waals surface area contributed by atoms with E-state index in [4.69, 9.17) is 11.6 Å². The minimum Gasteiger partial charge on any atom is -0.390 e. The van der Waals surface area contributed by atoms with Gasteiger partial charge in [0.25, 0.3) is 0 Å². The van der Waals surface area contributed by atoms with Gasteiger partial charge in [-0.05, 0) is 49.6 Å². The average Bonchev–Trinajstić information content (AvgIpc) is 3.11. The van der Waals surface area contributed by atoms with Crippen molar-refractivity contribution in [3.63, 3.8) is 0 Å². The molecular formula is C21H22ClF3N6O. The van der Waals surface area contributed by atoms with E-state index in [1.807, 2.05) is 6.92 Å². The topological polar surface area (TPSA) is 70.3 Å². The highest BCUT2D eigenvalue weighted by Gasteiger charge is 2.38. The molecule has 32 heavy (non-hydrogen) atoms. The third-order valence-electron chi connectivity index (χ3n) is 6.35. The molecule has 0 unspecified atom stereocenters. The van der Waals surface area contributed by atoms with E-state index in [0.717, 1.165) is 51.2 Å². The van der Waals surface area contributed by atoms with Crippen molar-refractivity contribution in [2.24, 2.45) is 0 Å². The lowest BCUT2D eigenvalue weighted by molar-refractivity contribution is -0.137. The Morgan fingerprint density at radius 1 is 1.16 bits per heavy atom. The number of fused-ring (bicyclic) bond motifs is 1. The third kappa shape index (κ3) is 3.91. The number of likely N-dealkylation sites (tertiary alicyclic amines) is 1. The highest BCUT2D eigenvalue weighted by atomic mass is 35.5. The van der Waals surface area contributed by atoms with Gasteiger partial charge in [0.2, 0.25) is 5.28 Å². The van der Waals surface area contributed by atoms with Gasteiger partial charge in [-0.25, -0.2) is 4.68 Å². The highest BCUT2D eigenvalue weighted by molar-refractivity contribution is 6.28. The Balaban J connectivity index is 1.41. The molecule has 2 aromatic heterocycles. The van der Waals surface area contributed by atoms with Crippen molar-refractivity contribution < 1.29 is 18.3 Å². The van der Waals surface area contributed by atoms with Gasteiger partial charge in [-0.1, -0.05) is 6.07 Å². The second-order valence-electron chi connectivity index (χ2n) is 8.75. The molecule has 0 bridgehead atoms. The molecule has 0 amide bonds. The maximum atomic E-state index is 13.1. The summed E-state index contributed by atoms with van der Waals surface area (Å²) in [6, 6.07) is 5.29. The molecule has 2 aliphatic heterocycles. The number of rotatable bonds is 3. The van der Waals surface area contributed by atoms with Crippen LogP contribution in [-0.4, -0.2) is 67.6 Å². The highest BCUT2D eigenvalue weighted by Crippen LogP contribution is 2.34. The largest absolute Gasteiger partial charge is 0.416 e. The molecule has 2 saturated heterocycles. The molecule has 5 rings (SSSR count). The number of aromatic nitrogens is 4. The lowest BCUT2D eigenvalue weighted by Gasteiger charge is -2.49. The summed E-state index contributed by atoms with van der Waals surface area (Å²) < 4.78 is 40.8. The molecule has 0 aliphatic carbocycles. The van der Waals surface area contributed by atoms with Crippen molar-refractivity contribution in [3.8, 4) is 5.69 Å². The fraction of sp³-hybridized carbons (Fsp3) is 0.476. The normalized spacial score (nSPS) is 20.0. The van der Waals surface area contributed by atoms with Crippen LogP contribution in [0.15, 0.2) is 30.5 Å². The fourth-order valence-electron chi connectivity index (χ4n) is 4.34. The van der Waals surface area contributed by atoms with Gasteiger partial charge in [0.1, 0.15) is 5.82 Å². The van der Waals surface area contributed by atoms with Gasteiger partial charge >= 0.3 is 6.18 Å². The van der Waals surface area contributed by atoms with E-state index in [9.17, 15) is 18.3 Å². The Morgan fingerprint density at radius 3 is 2.56 bits per heavy atom. The van der Waals surface area contributed by atoms with E-state index < -0.39 is 17.3 Å². The van der Waals surface area contributed by atoms with Crippen molar-refractivity contribution in [1.29, 1.82) is 0 Å². The van der Waals surface area contributed by atoms with Crippen LogP contribution in [0.5, 0.6) is 0 Å². The quantitative estimate of drug-likeness (QED) is 0.596. The number of aliphatic hydroxyl groups is 1. The summed E-state index contributed by atoms with van der Waals surface area (Å²) in [6.45, 7) is 5.07. The molecule has 0 saturated carbocycles. The maximum Gasteiger partial charge on any atom is 0.416 e. The number of anilines is 1. The molecule has 7 nitrogen and oxygen atoms in total. The van der Waals surface area contributed by atoms with E-state index in [-0.39, 0.29) is 11.0 Å². The maximum absolute atomic E-state index is 13.1. The lowest BCUT2D eigenvalue weighted by Crippen LogP contribution is -2.62. The molecule has 2 fully saturated rings. The van der Waals surface area contributed by atoms with Gasteiger partial charge in [-0.3, -0.25) is 4.90 Å². The van der Waals surface area contributed by atoms with E-state index in [0.29, 0.717) is 22.9 Å². The number of benzene rings is 1. The number of nitrogens with zero attached hydrogens (tertiary/aromatic N) is 6. The standard InChI is InChI=1S/C21H22ClF3N6O/c1-20(32)5-7-29(8-6-20)15-11-30(12-15)17-16-10-26-31(18(16)28-19(22)27-17)14-4-2-3-13(9-14)21(23,24)25/h2-4,9-10,15,32H,5-8,11-12H2,1H3. The van der Waals surface area contributed by atoms with Crippen LogP contribution < -0.4 is 4.90 Å². The van der Waals surface area contributed by atoms with Crippen LogP contribution in [-0.2, 0) is 6.18 Å². The van der Waals surface area contributed by atoms with Crippen LogP contribution in [0, 0.1) is 0 Å². The van der Waals surface area contributed by atoms with E-state index in [2.05, 4.69) is 24.9 Å². The Labute approximate surface area is 187 Å². The van der Waals surface area contributed by atoms with Crippen molar-refractivity contribution in [2.75, 3.05) is 31.1 Å². The van der Waals surface area contributed by atoms with Crippen LogP contribution >= 0.6 is 11.6 Å². The first kappa shape index (κ1) is 21.4. The second-order valence-corrected chi connectivity index (χ2v) is 9.09. The van der Waals surface area contributed by atoms with Crippen molar-refractivity contribution in [3.05, 3.63) is 41.3 Å². The summed E-state index contributed by atoms with van der Waals surface area (Å²) in [5, 5.41) is 15.1. The zero-order chi connectivity index (χ0) is 22.7. The summed E-state index contributed by atoms with van der Waals surface area (Å²) in [6.07, 6.45) is -1.40. The Morgan fingerprint density at radius 2 is 1.88 bits per heavy atom. The molecule has 4 heterocycles. The SMILES string of the molecule is CC1(O)CCN(C2CN(c3nc(Cl)nc4c3cnn4-c3cccc(C(F)(F)F)c3)C2)CC1. The predicted octanol–water partition coefficient (Wildman–Crippen LogP) is 3.52. The first-order chi connectivity index (χ1) is 15.1. The van der Waals surface area contributed by atoms with Gasteiger partial charge in [-0.2, -0.15) is 28.2 Å². The van der Waals surface area contributed by atoms with Gasteiger partial charge in [0, 0.05) is 32.2 Å². The van der Waals surface area contributed by atoms with Crippen molar-refractivity contribution >= 4 is 28.5 Å². The van der Waals surface area contributed by atoms with Crippen LogP contribution in [0.4, 0.5) is 19.0 Å². The molecule has 2 aliphatic rings. The van der Waals surface area contributed by atoms with Crippen molar-refractivity contribution in [2.45, 2.75) is 37.6 Å². The van der Waals surface area contributed by atoms with Gasteiger partial charge in [-0.15, -0.1) is 0 Å². The average molecular weight is 467 g/mol. The van der Waals surface area contributed by atoms with Crippen molar-refractivity contribution in [1.82, 2.24) is 24.6 Å². The first-order valence-electron chi connectivity index (χ1n) is 10.4. The Bertz CT molecular complexity index is 1150. The zero-order valence-electron chi connectivity index (χ0n) is 17.3. The smallest absolute Gasteiger partial charge is 0.390 e. The van der Waals surface area contributed by atoms with Gasteiger partial charge < -0.3 is 10.0 Å². The van der Waals surface area contributed by atoms with Crippen LogP contribution in [0.1, 0.15) is 25.3 Å². The molecule has 0 radical (unpaired) electrons. The minimum absolute atomic E-state index is 0.0127. The van der Waals surface area contributed by atoms with E-state index in [1.54, 1.807) is 12.3 Å². The second kappa shape index (κ2) is 7.57. The van der Waals surface area contributed by atoms with E-state index in [1.165, 1.54) is 10.7 Å². The van der Waals surface area contributed by atoms with Gasteiger partial charge in [0.05, 0.1) is 28.4 Å². The lowest BCUT2D eigenvalue weighted by atomic mass is 9.92. The minimum atomic E-state index is -4.45. The Hall–Kier alpha value is -2.43. The summed E-state index contributed by atoms with van der Waals surface area (Å²) in [5.41, 5.74) is -0.746. The predicted molar refractivity (Wildman–Crippen MR) is 114 cm³/mol. The molecule has 11 heteroatoms. The monoisotopic (exact) mass is 466 g/mol. The molecule has 1 aromatic carbocycles. The number of hydrogen-bond acceptors (Lipinski definition) is 6. The van der Waals surface area contributed by atoms with Crippen LogP contribution in [0.3, 0.4) is 0 Å². The number of halogens is 4. The summed E-state index contributed by atoms with van der Waals surface area (Å²) in [4.78, 5) is 13.1. The van der Waals surface area contributed by atoms with E-state index >= 15 is 0 Å². The fourth-order valence-corrected chi connectivity index (χ4v) is 4.50. The number of hydrogen-bond donors (Lipinski definition) is 1. The molecule has 0 spiro atoms. The molecule has 3 aromatic rings. The molecule has 1 N–H and O–H groups in total.